The van der Waals surface area contributed by atoms with Crippen LogP contribution in [-0.4, -0.2) is 20.7 Å². The molecule has 0 saturated carbocycles. The first-order chi connectivity index (χ1) is 14.6. The lowest BCUT2D eigenvalue weighted by Crippen LogP contribution is -2.27. The average Bonchev–Trinajstić information content (AvgIpc) is 3.18. The lowest BCUT2D eigenvalue weighted by Gasteiger charge is -2.15. The van der Waals surface area contributed by atoms with Crippen LogP contribution < -0.4 is 21.2 Å². The van der Waals surface area contributed by atoms with Gasteiger partial charge in [-0.05, 0) is 43.5 Å². The van der Waals surface area contributed by atoms with Crippen molar-refractivity contribution in [3.8, 4) is 11.4 Å². The molecule has 0 radical (unpaired) electrons. The van der Waals surface area contributed by atoms with Gasteiger partial charge in [-0.2, -0.15) is 4.68 Å². The van der Waals surface area contributed by atoms with E-state index in [0.29, 0.717) is 30.4 Å². The molecule has 0 spiro atoms. The van der Waals surface area contributed by atoms with E-state index in [9.17, 15) is 27.2 Å². The van der Waals surface area contributed by atoms with Gasteiger partial charge in [0, 0.05) is 30.4 Å². The van der Waals surface area contributed by atoms with Crippen LogP contribution in [0.2, 0.25) is 0 Å². The second kappa shape index (κ2) is 7.56. The Kier molecular flexibility index (Phi) is 5.03. The summed E-state index contributed by atoms with van der Waals surface area (Å²) in [5.74, 6) is -0.854. The monoisotopic (exact) mass is 436 g/mol. The summed E-state index contributed by atoms with van der Waals surface area (Å²) in [7, 11) is 1.40. The molecule has 4 rings (SSSR count). The third kappa shape index (κ3) is 4.16. The van der Waals surface area contributed by atoms with Crippen molar-refractivity contribution in [1.82, 2.24) is 14.3 Å². The average molecular weight is 436 g/mol. The van der Waals surface area contributed by atoms with Crippen molar-refractivity contribution in [3.05, 3.63) is 74.2 Å². The third-order valence-corrected chi connectivity index (χ3v) is 4.87. The lowest BCUT2D eigenvalue weighted by molar-refractivity contribution is -0.274. The number of aryl methyl sites for hydroxylation is 1. The molecule has 0 bridgehead atoms. The normalized spacial score (nSPS) is 13.2. The Bertz CT molecular complexity index is 1260. The summed E-state index contributed by atoms with van der Waals surface area (Å²) >= 11 is 0. The molecule has 1 N–H and O–H groups in total. The van der Waals surface area contributed by atoms with E-state index in [4.69, 9.17) is 0 Å². The van der Waals surface area contributed by atoms with Gasteiger partial charge < -0.3 is 14.6 Å². The van der Waals surface area contributed by atoms with Crippen molar-refractivity contribution in [2.45, 2.75) is 25.6 Å². The van der Waals surface area contributed by atoms with Crippen LogP contribution in [0.15, 0.2) is 46.1 Å². The van der Waals surface area contributed by atoms with Gasteiger partial charge >= 0.3 is 6.36 Å². The highest BCUT2D eigenvalue weighted by Crippen LogP contribution is 2.28. The first kappa shape index (κ1) is 20.6. The summed E-state index contributed by atoms with van der Waals surface area (Å²) in [6.07, 6.45) is -2.06. The van der Waals surface area contributed by atoms with E-state index < -0.39 is 29.0 Å². The molecule has 1 aliphatic carbocycles. The number of hydrogen-bond donors (Lipinski definition) is 1. The molecule has 2 heterocycles. The van der Waals surface area contributed by atoms with Crippen LogP contribution in [0, 0.1) is 5.82 Å². The van der Waals surface area contributed by atoms with Gasteiger partial charge in [-0.15, -0.1) is 18.3 Å². The summed E-state index contributed by atoms with van der Waals surface area (Å²) in [6.45, 7) is 0. The molecule has 31 heavy (non-hydrogen) atoms. The topological polar surface area (TPSA) is 78.2 Å². The molecule has 0 unspecified atom stereocenters. The van der Waals surface area contributed by atoms with Gasteiger partial charge in [-0.1, -0.05) is 0 Å². The fourth-order valence-corrected chi connectivity index (χ4v) is 3.53. The molecule has 0 saturated heterocycles. The van der Waals surface area contributed by atoms with Crippen LogP contribution in [0.25, 0.3) is 5.69 Å². The van der Waals surface area contributed by atoms with Gasteiger partial charge in [0.1, 0.15) is 17.3 Å². The zero-order valence-corrected chi connectivity index (χ0v) is 16.2. The molecule has 0 aliphatic heterocycles. The number of nitrogens with one attached hydrogen (secondary N) is 1. The number of halogens is 4. The minimum atomic E-state index is -4.83. The minimum absolute atomic E-state index is 0.0526. The maximum atomic E-state index is 13.8. The summed E-state index contributed by atoms with van der Waals surface area (Å²) in [5.41, 5.74) is 0.384. The number of anilines is 2. The molecule has 1 aromatic carbocycles. The van der Waals surface area contributed by atoms with Crippen LogP contribution in [0.4, 0.5) is 29.1 Å². The number of aromatic nitrogens is 3. The molecular formula is C20H16F4N4O3. The summed E-state index contributed by atoms with van der Waals surface area (Å²) in [5, 5.41) is 7.09. The predicted octanol–water partition coefficient (Wildman–Crippen LogP) is 3.20. The molecule has 7 nitrogen and oxygen atoms in total. The van der Waals surface area contributed by atoms with E-state index in [1.807, 2.05) is 0 Å². The van der Waals surface area contributed by atoms with Gasteiger partial charge in [0.15, 0.2) is 5.82 Å². The van der Waals surface area contributed by atoms with E-state index in [2.05, 4.69) is 15.2 Å². The van der Waals surface area contributed by atoms with Crippen molar-refractivity contribution in [1.29, 1.82) is 0 Å². The predicted molar refractivity (Wildman–Crippen MR) is 103 cm³/mol. The number of rotatable bonds is 4. The van der Waals surface area contributed by atoms with Gasteiger partial charge in [0.25, 0.3) is 11.1 Å². The second-order valence-corrected chi connectivity index (χ2v) is 7.03. The maximum absolute atomic E-state index is 13.8. The van der Waals surface area contributed by atoms with Crippen LogP contribution in [0.5, 0.6) is 5.75 Å². The second-order valence-electron chi connectivity index (χ2n) is 7.03. The Morgan fingerprint density at radius 2 is 1.74 bits per heavy atom. The number of hydrogen-bond acceptors (Lipinski definition) is 5. The highest BCUT2D eigenvalue weighted by Gasteiger charge is 2.31. The smallest absolute Gasteiger partial charge is 0.406 e. The maximum Gasteiger partial charge on any atom is 0.573 e. The molecule has 0 fully saturated rings. The SMILES string of the molecule is Cn1cc(F)cc(Nc2nn(-c3ccc(OC(F)(F)F)cc3)c(=O)c3c2CCC3)c1=O. The molecule has 162 valence electrons. The van der Waals surface area contributed by atoms with E-state index in [1.54, 1.807) is 0 Å². The van der Waals surface area contributed by atoms with E-state index in [1.165, 1.54) is 19.2 Å². The first-order valence-corrected chi connectivity index (χ1v) is 9.27. The summed E-state index contributed by atoms with van der Waals surface area (Å²) in [6, 6.07) is 5.70. The Morgan fingerprint density at radius 3 is 2.42 bits per heavy atom. The zero-order chi connectivity index (χ0) is 22.3. The number of pyridine rings is 1. The van der Waals surface area contributed by atoms with Crippen LogP contribution >= 0.6 is 0 Å². The number of benzene rings is 1. The van der Waals surface area contributed by atoms with Gasteiger partial charge in [0.05, 0.1) is 5.69 Å². The lowest BCUT2D eigenvalue weighted by atomic mass is 10.2. The van der Waals surface area contributed by atoms with Crippen molar-refractivity contribution in [3.63, 3.8) is 0 Å². The van der Waals surface area contributed by atoms with Crippen LogP contribution in [-0.2, 0) is 19.9 Å². The van der Waals surface area contributed by atoms with Crippen molar-refractivity contribution in [2.75, 3.05) is 5.32 Å². The van der Waals surface area contributed by atoms with Crippen molar-refractivity contribution in [2.24, 2.45) is 7.05 Å². The summed E-state index contributed by atoms with van der Waals surface area (Å²) in [4.78, 5) is 25.2. The quantitative estimate of drug-likeness (QED) is 0.636. The molecule has 11 heteroatoms. The molecular weight excluding hydrogens is 420 g/mol. The molecule has 0 amide bonds. The van der Waals surface area contributed by atoms with Crippen molar-refractivity contribution < 1.29 is 22.3 Å². The number of nitrogens with zero attached hydrogens (tertiary/aromatic N) is 3. The Balaban J connectivity index is 1.78. The Hall–Kier alpha value is -3.63. The van der Waals surface area contributed by atoms with Gasteiger partial charge in [-0.25, -0.2) is 4.39 Å². The number of fused-ring (bicyclic) bond motifs is 1. The van der Waals surface area contributed by atoms with Crippen LogP contribution in [0.1, 0.15) is 17.5 Å². The summed E-state index contributed by atoms with van der Waals surface area (Å²) < 4.78 is 56.9. The molecule has 0 atom stereocenters. The minimum Gasteiger partial charge on any atom is -0.406 e. The molecule has 1 aliphatic rings. The highest BCUT2D eigenvalue weighted by molar-refractivity contribution is 5.61. The Labute approximate surface area is 172 Å². The van der Waals surface area contributed by atoms with E-state index in [-0.39, 0.29) is 17.2 Å². The third-order valence-electron chi connectivity index (χ3n) is 4.87. The number of alkyl halides is 3. The van der Waals surface area contributed by atoms with E-state index in [0.717, 1.165) is 33.6 Å². The first-order valence-electron chi connectivity index (χ1n) is 9.27. The largest absolute Gasteiger partial charge is 0.573 e. The highest BCUT2D eigenvalue weighted by atomic mass is 19.4. The van der Waals surface area contributed by atoms with E-state index >= 15 is 0 Å². The fourth-order valence-electron chi connectivity index (χ4n) is 3.53. The number of ether oxygens (including phenoxy) is 1. The van der Waals surface area contributed by atoms with Gasteiger partial charge in [0.2, 0.25) is 0 Å². The Morgan fingerprint density at radius 1 is 1.06 bits per heavy atom. The van der Waals surface area contributed by atoms with Crippen LogP contribution in [0.3, 0.4) is 0 Å². The molecule has 3 aromatic rings. The zero-order valence-electron chi connectivity index (χ0n) is 16.2. The standard InChI is InChI=1S/C20H16F4N4O3/c1-27-10-11(21)9-16(19(27)30)25-17-14-3-2-4-15(14)18(29)28(26-17)12-5-7-13(8-6-12)31-20(22,23)24/h5-10H,2-4H2,1H3,(H,25,26). The molecule has 2 aromatic heterocycles. The fraction of sp³-hybridized carbons (Fsp3) is 0.250. The van der Waals surface area contributed by atoms with Gasteiger partial charge in [-0.3, -0.25) is 9.59 Å². The van der Waals surface area contributed by atoms with Crippen molar-refractivity contribution >= 4 is 11.5 Å².